The fraction of sp³-hybridized carbons (Fsp3) is 0.571. The number of aliphatic carboxylic acids is 1. The molecule has 0 aromatic heterocycles. The first kappa shape index (κ1) is 13.3. The number of methoxy groups -OCH3 is 1. The third-order valence-corrected chi connectivity index (χ3v) is 3.98. The van der Waals surface area contributed by atoms with Crippen LogP contribution in [-0.4, -0.2) is 37.0 Å². The Balaban J connectivity index is 2.09. The number of carbonyl (C=O) groups is 2. The fourth-order valence-corrected chi connectivity index (χ4v) is 3.31. The third kappa shape index (κ3) is 1.72. The average Bonchev–Trinajstić information content (AvgIpc) is 2.73. The van der Waals surface area contributed by atoms with Gasteiger partial charge in [-0.05, 0) is 19.4 Å². The Labute approximate surface area is 116 Å². The SMILES string of the molecule is COC(=O)C1=C(C(=O)[O-])[C@H]2C=C[C@H]1[C@@H]1OC(C)(C)O[C@@H]12. The van der Waals surface area contributed by atoms with Crippen LogP contribution in [0.1, 0.15) is 13.8 Å². The molecule has 0 radical (unpaired) electrons. The zero-order valence-electron chi connectivity index (χ0n) is 11.4. The van der Waals surface area contributed by atoms with Crippen molar-refractivity contribution in [2.45, 2.75) is 31.8 Å². The molecule has 1 heterocycles. The van der Waals surface area contributed by atoms with Gasteiger partial charge in [-0.2, -0.15) is 0 Å². The number of hydrogen-bond acceptors (Lipinski definition) is 6. The molecule has 0 aromatic rings. The van der Waals surface area contributed by atoms with E-state index in [1.165, 1.54) is 7.11 Å². The lowest BCUT2D eigenvalue weighted by atomic mass is 9.68. The van der Waals surface area contributed by atoms with E-state index in [0.717, 1.165) is 0 Å². The predicted molar refractivity (Wildman–Crippen MR) is 64.0 cm³/mol. The molecule has 2 bridgehead atoms. The van der Waals surface area contributed by atoms with E-state index in [4.69, 9.17) is 14.2 Å². The summed E-state index contributed by atoms with van der Waals surface area (Å²) in [5.74, 6) is -3.86. The Bertz CT molecular complexity index is 544. The lowest BCUT2D eigenvalue weighted by Gasteiger charge is -2.41. The van der Waals surface area contributed by atoms with Gasteiger partial charge in [-0.25, -0.2) is 4.79 Å². The molecule has 0 aromatic carbocycles. The van der Waals surface area contributed by atoms with E-state index >= 15 is 0 Å². The lowest BCUT2D eigenvalue weighted by molar-refractivity contribution is -0.300. The number of esters is 1. The van der Waals surface area contributed by atoms with E-state index in [1.807, 2.05) is 0 Å². The Morgan fingerprint density at radius 2 is 1.65 bits per heavy atom. The highest BCUT2D eigenvalue weighted by Crippen LogP contribution is 2.49. The maximum absolute atomic E-state index is 11.9. The minimum absolute atomic E-state index is 0.0492. The molecule has 4 rings (SSSR count). The summed E-state index contributed by atoms with van der Waals surface area (Å²) in [5, 5.41) is 11.4. The van der Waals surface area contributed by atoms with Crippen molar-refractivity contribution in [2.75, 3.05) is 7.11 Å². The second-order valence-electron chi connectivity index (χ2n) is 5.61. The predicted octanol–water partition coefficient (Wildman–Crippen LogP) is -0.458. The standard InChI is InChI=1S/C14H16O6/c1-14(2)19-10-6-4-5-7(11(10)20-14)9(13(17)18-3)8(6)12(15)16/h4-7,10-11H,1-3H3,(H,15,16)/p-1/t6-,7-,10-,11+/m1/s1. The van der Waals surface area contributed by atoms with Gasteiger partial charge in [0.1, 0.15) is 0 Å². The Morgan fingerprint density at radius 3 is 2.10 bits per heavy atom. The number of carbonyl (C=O) groups excluding carboxylic acids is 2. The van der Waals surface area contributed by atoms with E-state index < -0.39 is 35.7 Å². The van der Waals surface area contributed by atoms with Crippen molar-refractivity contribution in [1.29, 1.82) is 0 Å². The Hall–Kier alpha value is -1.66. The van der Waals surface area contributed by atoms with E-state index in [1.54, 1.807) is 26.0 Å². The van der Waals surface area contributed by atoms with Crippen molar-refractivity contribution in [3.8, 4) is 0 Å². The van der Waals surface area contributed by atoms with Gasteiger partial charge in [-0.1, -0.05) is 12.2 Å². The second-order valence-corrected chi connectivity index (χ2v) is 5.61. The molecule has 20 heavy (non-hydrogen) atoms. The summed E-state index contributed by atoms with van der Waals surface area (Å²) in [6.45, 7) is 3.53. The van der Waals surface area contributed by atoms with Crippen molar-refractivity contribution >= 4 is 11.9 Å². The Morgan fingerprint density at radius 1 is 1.15 bits per heavy atom. The first-order chi connectivity index (χ1) is 9.35. The van der Waals surface area contributed by atoms with Crippen LogP contribution in [0.4, 0.5) is 0 Å². The number of ether oxygens (including phenoxy) is 3. The maximum Gasteiger partial charge on any atom is 0.334 e. The van der Waals surface area contributed by atoms with Gasteiger partial charge < -0.3 is 24.1 Å². The molecule has 3 aliphatic carbocycles. The van der Waals surface area contributed by atoms with Gasteiger partial charge >= 0.3 is 5.97 Å². The van der Waals surface area contributed by atoms with E-state index in [-0.39, 0.29) is 17.3 Å². The molecule has 0 unspecified atom stereocenters. The summed E-state index contributed by atoms with van der Waals surface area (Å²) < 4.78 is 16.3. The summed E-state index contributed by atoms with van der Waals surface area (Å²) in [4.78, 5) is 23.3. The first-order valence-corrected chi connectivity index (χ1v) is 6.43. The second kappa shape index (κ2) is 4.17. The summed E-state index contributed by atoms with van der Waals surface area (Å²) in [6, 6.07) is 0. The molecular weight excluding hydrogens is 264 g/mol. The highest BCUT2D eigenvalue weighted by molar-refractivity contribution is 6.01. The molecule has 4 aliphatic rings. The van der Waals surface area contributed by atoms with Crippen LogP contribution in [0.25, 0.3) is 0 Å². The molecule has 0 N–H and O–H groups in total. The van der Waals surface area contributed by atoms with Gasteiger partial charge in [0.15, 0.2) is 5.79 Å². The van der Waals surface area contributed by atoms with Crippen LogP contribution in [0.3, 0.4) is 0 Å². The monoisotopic (exact) mass is 279 g/mol. The van der Waals surface area contributed by atoms with Crippen LogP contribution in [0.15, 0.2) is 23.3 Å². The van der Waals surface area contributed by atoms with Gasteiger partial charge in [0.05, 0.1) is 30.9 Å². The number of rotatable bonds is 2. The van der Waals surface area contributed by atoms with Gasteiger partial charge in [-0.15, -0.1) is 0 Å². The lowest BCUT2D eigenvalue weighted by Crippen LogP contribution is -2.50. The maximum atomic E-state index is 11.9. The van der Waals surface area contributed by atoms with Crippen LogP contribution < -0.4 is 5.11 Å². The summed E-state index contributed by atoms with van der Waals surface area (Å²) in [7, 11) is 1.22. The molecular formula is C14H15O6-. The largest absolute Gasteiger partial charge is 0.545 e. The molecule has 0 amide bonds. The summed E-state index contributed by atoms with van der Waals surface area (Å²) in [5.41, 5.74) is 0.0643. The number of carboxylic acid groups (broad SMARTS) is 1. The van der Waals surface area contributed by atoms with Crippen molar-refractivity contribution in [3.63, 3.8) is 0 Å². The minimum Gasteiger partial charge on any atom is -0.545 e. The molecule has 108 valence electrons. The van der Waals surface area contributed by atoms with Crippen LogP contribution >= 0.6 is 0 Å². The van der Waals surface area contributed by atoms with Crippen LogP contribution in [0, 0.1) is 11.8 Å². The zero-order chi connectivity index (χ0) is 14.7. The van der Waals surface area contributed by atoms with Crippen molar-refractivity contribution in [1.82, 2.24) is 0 Å². The summed E-state index contributed by atoms with van der Waals surface area (Å²) >= 11 is 0. The van der Waals surface area contributed by atoms with Gasteiger partial charge in [0.25, 0.3) is 0 Å². The quantitative estimate of drug-likeness (QED) is 0.502. The number of carboxylic acids is 1. The van der Waals surface area contributed by atoms with Crippen molar-refractivity contribution < 1.29 is 28.9 Å². The zero-order valence-corrected chi connectivity index (χ0v) is 11.4. The van der Waals surface area contributed by atoms with E-state index in [0.29, 0.717) is 0 Å². The fourth-order valence-electron chi connectivity index (χ4n) is 3.31. The van der Waals surface area contributed by atoms with Crippen LogP contribution in [-0.2, 0) is 23.8 Å². The molecule has 1 saturated heterocycles. The summed E-state index contributed by atoms with van der Waals surface area (Å²) in [6.07, 6.45) is 2.74. The van der Waals surface area contributed by atoms with E-state index in [9.17, 15) is 14.7 Å². The average molecular weight is 279 g/mol. The molecule has 0 saturated carbocycles. The van der Waals surface area contributed by atoms with Crippen molar-refractivity contribution in [3.05, 3.63) is 23.3 Å². The topological polar surface area (TPSA) is 84.9 Å². The highest BCUT2D eigenvalue weighted by atomic mass is 16.8. The Kier molecular flexibility index (Phi) is 2.78. The van der Waals surface area contributed by atoms with Crippen molar-refractivity contribution in [2.24, 2.45) is 11.8 Å². The van der Waals surface area contributed by atoms with Crippen LogP contribution in [0.2, 0.25) is 0 Å². The smallest absolute Gasteiger partial charge is 0.334 e. The molecule has 1 aliphatic heterocycles. The third-order valence-electron chi connectivity index (χ3n) is 3.98. The van der Waals surface area contributed by atoms with Crippen LogP contribution in [0.5, 0.6) is 0 Å². The molecule has 4 atom stereocenters. The normalized spacial score (nSPS) is 37.0. The molecule has 1 fully saturated rings. The number of hydrogen-bond donors (Lipinski definition) is 0. The highest BCUT2D eigenvalue weighted by Gasteiger charge is 2.56. The van der Waals surface area contributed by atoms with Gasteiger partial charge in [-0.3, -0.25) is 0 Å². The molecule has 6 heteroatoms. The first-order valence-electron chi connectivity index (χ1n) is 6.43. The minimum atomic E-state index is -1.36. The molecule has 0 spiro atoms. The van der Waals surface area contributed by atoms with Gasteiger partial charge in [0.2, 0.25) is 0 Å². The molecule has 6 nitrogen and oxygen atoms in total. The van der Waals surface area contributed by atoms with Gasteiger partial charge in [0, 0.05) is 11.8 Å². The van der Waals surface area contributed by atoms with E-state index in [2.05, 4.69) is 0 Å².